The van der Waals surface area contributed by atoms with Gasteiger partial charge in [0.15, 0.2) is 0 Å². The Morgan fingerprint density at radius 3 is 2.62 bits per heavy atom. The first-order chi connectivity index (χ1) is 12.4. The number of nitrogens with zero attached hydrogens (tertiary/aromatic N) is 2. The number of nitrogens with one attached hydrogen (secondary N) is 2. The minimum absolute atomic E-state index is 0.108. The van der Waals surface area contributed by atoms with Crippen molar-refractivity contribution in [2.75, 3.05) is 5.32 Å². The van der Waals surface area contributed by atoms with Crippen LogP contribution in [0.15, 0.2) is 29.2 Å². The predicted molar refractivity (Wildman–Crippen MR) is 108 cm³/mol. The van der Waals surface area contributed by atoms with Crippen molar-refractivity contribution in [2.45, 2.75) is 47.1 Å². The molecule has 0 saturated carbocycles. The van der Waals surface area contributed by atoms with Crippen LogP contribution in [0.25, 0.3) is 11.4 Å². The van der Waals surface area contributed by atoms with Crippen molar-refractivity contribution >= 4 is 17.2 Å². The number of hydrogen-bond acceptors (Lipinski definition) is 5. The number of rotatable bonds is 5. The van der Waals surface area contributed by atoms with Gasteiger partial charge in [-0.3, -0.25) is 4.79 Å². The van der Waals surface area contributed by atoms with Crippen LogP contribution in [0.5, 0.6) is 0 Å². The Labute approximate surface area is 157 Å². The van der Waals surface area contributed by atoms with Gasteiger partial charge in [-0.2, -0.15) is 0 Å². The smallest absolute Gasteiger partial charge is 0.254 e. The van der Waals surface area contributed by atoms with E-state index in [0.717, 1.165) is 23.5 Å². The average Bonchev–Trinajstić information content (AvgIpc) is 3.01. The van der Waals surface area contributed by atoms with Crippen LogP contribution < -0.4 is 10.9 Å². The molecule has 26 heavy (non-hydrogen) atoms. The average molecular weight is 369 g/mol. The number of aryl methyl sites for hydroxylation is 3. The number of aromatic nitrogens is 3. The molecule has 1 atom stereocenters. The summed E-state index contributed by atoms with van der Waals surface area (Å²) in [7, 11) is 0. The minimum atomic E-state index is -0.108. The third-order valence-corrected chi connectivity index (χ3v) is 6.15. The van der Waals surface area contributed by atoms with Crippen molar-refractivity contribution in [3.05, 3.63) is 61.3 Å². The van der Waals surface area contributed by atoms with E-state index in [-0.39, 0.29) is 11.6 Å². The summed E-state index contributed by atoms with van der Waals surface area (Å²) in [5.41, 5.74) is 3.42. The molecule has 3 rings (SSSR count). The maximum atomic E-state index is 11.9. The fourth-order valence-corrected chi connectivity index (χ4v) is 3.92. The zero-order valence-corrected chi connectivity index (χ0v) is 16.6. The standard InChI is InChI=1S/C20H24N4OS/c1-6-16-11(2)9-17(26-16)14(5)22-18-8-7-15(10-21-18)19-23-13(4)12(3)20(25)24-19/h7-10,14H,6H2,1-5H3,(H,21,22)(H,23,24,25). The molecule has 0 radical (unpaired) electrons. The van der Waals surface area contributed by atoms with Gasteiger partial charge in [0.1, 0.15) is 11.6 Å². The van der Waals surface area contributed by atoms with E-state index in [9.17, 15) is 4.79 Å². The molecule has 2 N–H and O–H groups in total. The van der Waals surface area contributed by atoms with Crippen molar-refractivity contribution in [3.63, 3.8) is 0 Å². The van der Waals surface area contributed by atoms with Crippen LogP contribution in [0.2, 0.25) is 0 Å². The lowest BCUT2D eigenvalue weighted by molar-refractivity contribution is 0.895. The van der Waals surface area contributed by atoms with E-state index in [1.165, 1.54) is 15.3 Å². The van der Waals surface area contributed by atoms with Crippen LogP contribution in [-0.4, -0.2) is 15.0 Å². The molecule has 3 aromatic rings. The summed E-state index contributed by atoms with van der Waals surface area (Å²) in [5, 5.41) is 3.44. The Hall–Kier alpha value is -2.47. The molecule has 0 aliphatic rings. The van der Waals surface area contributed by atoms with Gasteiger partial charge >= 0.3 is 0 Å². The molecule has 0 fully saturated rings. The number of pyridine rings is 1. The number of thiophene rings is 1. The second-order valence-electron chi connectivity index (χ2n) is 6.53. The van der Waals surface area contributed by atoms with E-state index in [4.69, 9.17) is 0 Å². The van der Waals surface area contributed by atoms with Crippen LogP contribution in [0.1, 0.15) is 46.5 Å². The van der Waals surface area contributed by atoms with E-state index in [1.54, 1.807) is 13.1 Å². The van der Waals surface area contributed by atoms with Crippen LogP contribution in [0.4, 0.5) is 5.82 Å². The van der Waals surface area contributed by atoms with Gasteiger partial charge in [-0.1, -0.05) is 6.92 Å². The number of H-pyrrole nitrogens is 1. The Bertz CT molecular complexity index is 972. The highest BCUT2D eigenvalue weighted by molar-refractivity contribution is 7.12. The summed E-state index contributed by atoms with van der Waals surface area (Å²) in [4.78, 5) is 26.4. The molecule has 0 aliphatic carbocycles. The molecule has 0 bridgehead atoms. The topological polar surface area (TPSA) is 70.7 Å². The SMILES string of the molecule is CCc1sc(C(C)Nc2ccc(-c3nc(C)c(C)c(=O)[nH]3)cn2)cc1C. The van der Waals surface area contributed by atoms with Crippen LogP contribution in [0.3, 0.4) is 0 Å². The lowest BCUT2D eigenvalue weighted by atomic mass is 10.2. The molecule has 0 saturated heterocycles. The van der Waals surface area contributed by atoms with Crippen molar-refractivity contribution in [1.82, 2.24) is 15.0 Å². The lowest BCUT2D eigenvalue weighted by Gasteiger charge is -2.13. The highest BCUT2D eigenvalue weighted by atomic mass is 32.1. The number of aromatic amines is 1. The second kappa shape index (κ2) is 7.41. The first kappa shape index (κ1) is 18.3. The largest absolute Gasteiger partial charge is 0.363 e. The van der Waals surface area contributed by atoms with Gasteiger partial charge in [0, 0.05) is 32.8 Å². The quantitative estimate of drug-likeness (QED) is 0.693. The van der Waals surface area contributed by atoms with Crippen LogP contribution in [-0.2, 0) is 6.42 Å². The highest BCUT2D eigenvalue weighted by Gasteiger charge is 2.12. The van der Waals surface area contributed by atoms with E-state index in [2.05, 4.69) is 47.1 Å². The molecular weight excluding hydrogens is 344 g/mol. The Balaban J connectivity index is 1.78. The minimum Gasteiger partial charge on any atom is -0.363 e. The van der Waals surface area contributed by atoms with E-state index in [1.807, 2.05) is 30.4 Å². The Morgan fingerprint density at radius 1 is 1.27 bits per heavy atom. The maximum Gasteiger partial charge on any atom is 0.254 e. The maximum absolute atomic E-state index is 11.9. The first-order valence-electron chi connectivity index (χ1n) is 8.78. The van der Waals surface area contributed by atoms with Crippen molar-refractivity contribution in [1.29, 1.82) is 0 Å². The molecule has 0 aromatic carbocycles. The molecule has 3 aromatic heterocycles. The third kappa shape index (κ3) is 3.70. The molecule has 0 spiro atoms. The monoisotopic (exact) mass is 368 g/mol. The predicted octanol–water partition coefficient (Wildman–Crippen LogP) is 4.55. The summed E-state index contributed by atoms with van der Waals surface area (Å²) in [6.45, 7) is 10.1. The molecule has 136 valence electrons. The van der Waals surface area contributed by atoms with Gasteiger partial charge in [0.2, 0.25) is 0 Å². The zero-order chi connectivity index (χ0) is 18.8. The van der Waals surface area contributed by atoms with Gasteiger partial charge in [-0.15, -0.1) is 11.3 Å². The normalized spacial score (nSPS) is 12.2. The lowest BCUT2D eigenvalue weighted by Crippen LogP contribution is -2.14. The molecule has 5 nitrogen and oxygen atoms in total. The highest BCUT2D eigenvalue weighted by Crippen LogP contribution is 2.29. The summed E-state index contributed by atoms with van der Waals surface area (Å²) in [5.74, 6) is 1.35. The second-order valence-corrected chi connectivity index (χ2v) is 7.70. The Morgan fingerprint density at radius 2 is 2.04 bits per heavy atom. The fraction of sp³-hybridized carbons (Fsp3) is 0.350. The summed E-state index contributed by atoms with van der Waals surface area (Å²) in [6.07, 6.45) is 2.80. The van der Waals surface area contributed by atoms with Gasteiger partial charge in [-0.05, 0) is 57.9 Å². The number of hydrogen-bond donors (Lipinski definition) is 2. The Kier molecular flexibility index (Phi) is 5.23. The number of anilines is 1. The molecule has 0 amide bonds. The molecular formula is C20H24N4OS. The van der Waals surface area contributed by atoms with Crippen LogP contribution in [0, 0.1) is 20.8 Å². The van der Waals surface area contributed by atoms with Crippen molar-refractivity contribution in [2.24, 2.45) is 0 Å². The van der Waals surface area contributed by atoms with E-state index >= 15 is 0 Å². The molecule has 6 heteroatoms. The molecule has 3 heterocycles. The summed E-state index contributed by atoms with van der Waals surface area (Å²) in [6, 6.07) is 6.28. The van der Waals surface area contributed by atoms with Crippen LogP contribution >= 0.6 is 11.3 Å². The van der Waals surface area contributed by atoms with Crippen molar-refractivity contribution in [3.8, 4) is 11.4 Å². The summed E-state index contributed by atoms with van der Waals surface area (Å²) < 4.78 is 0. The zero-order valence-electron chi connectivity index (χ0n) is 15.8. The third-order valence-electron chi connectivity index (χ3n) is 4.58. The van der Waals surface area contributed by atoms with Gasteiger partial charge in [0.05, 0.1) is 6.04 Å². The van der Waals surface area contributed by atoms with Gasteiger partial charge < -0.3 is 10.3 Å². The molecule has 0 aliphatic heterocycles. The summed E-state index contributed by atoms with van der Waals surface area (Å²) >= 11 is 1.85. The van der Waals surface area contributed by atoms with E-state index < -0.39 is 0 Å². The van der Waals surface area contributed by atoms with Gasteiger partial charge in [-0.25, -0.2) is 9.97 Å². The van der Waals surface area contributed by atoms with Gasteiger partial charge in [0.25, 0.3) is 5.56 Å². The first-order valence-corrected chi connectivity index (χ1v) is 9.60. The van der Waals surface area contributed by atoms with E-state index in [0.29, 0.717) is 11.4 Å². The molecule has 1 unspecified atom stereocenters. The van der Waals surface area contributed by atoms with Crippen molar-refractivity contribution < 1.29 is 0 Å². The fourth-order valence-electron chi connectivity index (χ4n) is 2.80.